The Bertz CT molecular complexity index is 351. The highest BCUT2D eigenvalue weighted by Gasteiger charge is 2.27. The van der Waals surface area contributed by atoms with Gasteiger partial charge in [0.25, 0.3) is 0 Å². The summed E-state index contributed by atoms with van der Waals surface area (Å²) in [6.45, 7) is 7.57. The van der Waals surface area contributed by atoms with Gasteiger partial charge in [-0.05, 0) is 19.4 Å². The lowest BCUT2D eigenvalue weighted by Gasteiger charge is -2.39. The van der Waals surface area contributed by atoms with Crippen LogP contribution in [-0.2, 0) is 4.74 Å². The number of nitrogens with zero attached hydrogens (tertiary/aromatic N) is 1. The normalized spacial score (nSPS) is 21.4. The topological polar surface area (TPSA) is 38.5 Å². The third-order valence-corrected chi connectivity index (χ3v) is 3.03. The van der Waals surface area contributed by atoms with Crippen LogP contribution in [0.2, 0.25) is 0 Å². The molecule has 18 heavy (non-hydrogen) atoms. The van der Waals surface area contributed by atoms with Crippen molar-refractivity contribution in [2.75, 3.05) is 26.3 Å². The fourth-order valence-electron chi connectivity index (χ4n) is 2.33. The summed E-state index contributed by atoms with van der Waals surface area (Å²) in [7, 11) is 0. The standard InChI is InChI=1S/C14H22N2O.ClH/c1-14(2,15)11-16-8-9-17-10-13(16)12-6-4-3-5-7-12;/h3-7,13H,8-11,15H2,1-2H3;1H. The number of nitrogens with two attached hydrogens (primary N) is 1. The number of benzene rings is 1. The molecule has 1 aromatic carbocycles. The van der Waals surface area contributed by atoms with E-state index >= 15 is 0 Å². The molecule has 1 aliphatic heterocycles. The van der Waals surface area contributed by atoms with Gasteiger partial charge in [0, 0.05) is 18.6 Å². The van der Waals surface area contributed by atoms with Gasteiger partial charge in [0.1, 0.15) is 0 Å². The van der Waals surface area contributed by atoms with E-state index in [0.29, 0.717) is 6.04 Å². The summed E-state index contributed by atoms with van der Waals surface area (Å²) in [5.74, 6) is 0. The van der Waals surface area contributed by atoms with Crippen LogP contribution >= 0.6 is 12.4 Å². The van der Waals surface area contributed by atoms with Crippen molar-refractivity contribution in [2.24, 2.45) is 5.73 Å². The molecule has 3 nitrogen and oxygen atoms in total. The second-order valence-electron chi connectivity index (χ2n) is 5.46. The third-order valence-electron chi connectivity index (χ3n) is 3.03. The Balaban J connectivity index is 0.00000162. The summed E-state index contributed by atoms with van der Waals surface area (Å²) in [5.41, 5.74) is 7.28. The number of rotatable bonds is 3. The lowest BCUT2D eigenvalue weighted by Crippen LogP contribution is -2.50. The van der Waals surface area contributed by atoms with Crippen molar-refractivity contribution in [3.8, 4) is 0 Å². The van der Waals surface area contributed by atoms with E-state index in [1.165, 1.54) is 5.56 Å². The second kappa shape index (κ2) is 6.53. The van der Waals surface area contributed by atoms with Crippen LogP contribution in [0.1, 0.15) is 25.5 Å². The fraction of sp³-hybridized carbons (Fsp3) is 0.571. The van der Waals surface area contributed by atoms with E-state index in [1.807, 2.05) is 6.07 Å². The molecule has 1 heterocycles. The van der Waals surface area contributed by atoms with Crippen LogP contribution in [0.15, 0.2) is 30.3 Å². The van der Waals surface area contributed by atoms with Crippen molar-refractivity contribution in [2.45, 2.75) is 25.4 Å². The van der Waals surface area contributed by atoms with E-state index in [1.54, 1.807) is 0 Å². The summed E-state index contributed by atoms with van der Waals surface area (Å²) in [4.78, 5) is 2.43. The minimum Gasteiger partial charge on any atom is -0.378 e. The average Bonchev–Trinajstić information content (AvgIpc) is 2.29. The molecule has 0 amide bonds. The molecule has 2 N–H and O–H groups in total. The van der Waals surface area contributed by atoms with E-state index in [-0.39, 0.29) is 17.9 Å². The molecule has 1 aliphatic rings. The molecule has 0 spiro atoms. The molecule has 0 bridgehead atoms. The average molecular weight is 271 g/mol. The molecule has 1 aromatic rings. The van der Waals surface area contributed by atoms with Crippen molar-refractivity contribution in [1.82, 2.24) is 4.90 Å². The molecular formula is C14H23ClN2O. The maximum atomic E-state index is 6.12. The van der Waals surface area contributed by atoms with Gasteiger partial charge in [-0.25, -0.2) is 0 Å². The summed E-state index contributed by atoms with van der Waals surface area (Å²) in [6, 6.07) is 10.9. The number of halogens is 1. The van der Waals surface area contributed by atoms with Crippen LogP contribution in [0, 0.1) is 0 Å². The molecule has 1 unspecified atom stereocenters. The Morgan fingerprint density at radius 2 is 2.00 bits per heavy atom. The minimum absolute atomic E-state index is 0. The zero-order valence-electron chi connectivity index (χ0n) is 11.1. The third kappa shape index (κ3) is 4.25. The van der Waals surface area contributed by atoms with E-state index in [4.69, 9.17) is 10.5 Å². The molecule has 1 atom stereocenters. The van der Waals surface area contributed by atoms with Gasteiger partial charge in [-0.3, -0.25) is 4.90 Å². The van der Waals surface area contributed by atoms with Gasteiger partial charge in [-0.1, -0.05) is 30.3 Å². The lowest BCUT2D eigenvalue weighted by molar-refractivity contribution is -0.0157. The first-order valence-electron chi connectivity index (χ1n) is 6.22. The summed E-state index contributed by atoms with van der Waals surface area (Å²) in [5, 5.41) is 0. The van der Waals surface area contributed by atoms with Crippen LogP contribution in [0.5, 0.6) is 0 Å². The number of morpholine rings is 1. The molecule has 1 fully saturated rings. The fourth-order valence-corrected chi connectivity index (χ4v) is 2.33. The molecular weight excluding hydrogens is 248 g/mol. The first-order valence-corrected chi connectivity index (χ1v) is 6.22. The molecule has 2 rings (SSSR count). The smallest absolute Gasteiger partial charge is 0.0664 e. The Morgan fingerprint density at radius 1 is 1.33 bits per heavy atom. The predicted molar refractivity (Wildman–Crippen MR) is 77.1 cm³/mol. The van der Waals surface area contributed by atoms with E-state index in [0.717, 1.165) is 26.3 Å². The quantitative estimate of drug-likeness (QED) is 0.915. The zero-order chi connectivity index (χ0) is 12.3. The molecule has 1 saturated heterocycles. The van der Waals surface area contributed by atoms with Crippen LogP contribution in [0.4, 0.5) is 0 Å². The Kier molecular flexibility index (Phi) is 5.60. The van der Waals surface area contributed by atoms with E-state index < -0.39 is 0 Å². The monoisotopic (exact) mass is 270 g/mol. The van der Waals surface area contributed by atoms with Crippen LogP contribution < -0.4 is 5.73 Å². The number of hydrogen-bond donors (Lipinski definition) is 1. The molecule has 0 aromatic heterocycles. The van der Waals surface area contributed by atoms with Gasteiger partial charge in [-0.2, -0.15) is 0 Å². The first kappa shape index (κ1) is 15.4. The van der Waals surface area contributed by atoms with Gasteiger partial charge in [0.15, 0.2) is 0 Å². The molecule has 4 heteroatoms. The van der Waals surface area contributed by atoms with E-state index in [9.17, 15) is 0 Å². The van der Waals surface area contributed by atoms with Crippen molar-refractivity contribution in [3.63, 3.8) is 0 Å². The van der Waals surface area contributed by atoms with Gasteiger partial charge < -0.3 is 10.5 Å². The van der Waals surface area contributed by atoms with Crippen molar-refractivity contribution in [1.29, 1.82) is 0 Å². The van der Waals surface area contributed by atoms with E-state index in [2.05, 4.69) is 43.0 Å². The molecule has 0 radical (unpaired) electrons. The maximum Gasteiger partial charge on any atom is 0.0664 e. The number of hydrogen-bond acceptors (Lipinski definition) is 3. The largest absolute Gasteiger partial charge is 0.378 e. The summed E-state index contributed by atoms with van der Waals surface area (Å²) in [6.07, 6.45) is 0. The molecule has 102 valence electrons. The van der Waals surface area contributed by atoms with Gasteiger partial charge in [0.05, 0.1) is 19.3 Å². The van der Waals surface area contributed by atoms with Gasteiger partial charge in [-0.15, -0.1) is 12.4 Å². The van der Waals surface area contributed by atoms with Crippen LogP contribution in [-0.4, -0.2) is 36.7 Å². The lowest BCUT2D eigenvalue weighted by atomic mass is 10.0. The van der Waals surface area contributed by atoms with Gasteiger partial charge in [0.2, 0.25) is 0 Å². The minimum atomic E-state index is -0.162. The number of ether oxygens (including phenoxy) is 1. The first-order chi connectivity index (χ1) is 8.06. The Hall–Kier alpha value is -0.610. The highest BCUT2D eigenvalue weighted by atomic mass is 35.5. The Morgan fingerprint density at radius 3 is 2.61 bits per heavy atom. The van der Waals surface area contributed by atoms with Crippen LogP contribution in [0.3, 0.4) is 0 Å². The molecule has 0 saturated carbocycles. The van der Waals surface area contributed by atoms with Crippen molar-refractivity contribution >= 4 is 12.4 Å². The van der Waals surface area contributed by atoms with Crippen molar-refractivity contribution in [3.05, 3.63) is 35.9 Å². The SMILES string of the molecule is CC(C)(N)CN1CCOCC1c1ccccc1.Cl. The summed E-state index contributed by atoms with van der Waals surface area (Å²) >= 11 is 0. The summed E-state index contributed by atoms with van der Waals surface area (Å²) < 4.78 is 5.60. The maximum absolute atomic E-state index is 6.12. The second-order valence-corrected chi connectivity index (χ2v) is 5.46. The zero-order valence-corrected chi connectivity index (χ0v) is 12.0. The molecule has 0 aliphatic carbocycles. The van der Waals surface area contributed by atoms with Crippen molar-refractivity contribution < 1.29 is 4.74 Å². The van der Waals surface area contributed by atoms with Gasteiger partial charge >= 0.3 is 0 Å². The highest BCUT2D eigenvalue weighted by Crippen LogP contribution is 2.24. The Labute approximate surface area is 116 Å². The van der Waals surface area contributed by atoms with Crippen LogP contribution in [0.25, 0.3) is 0 Å². The predicted octanol–water partition coefficient (Wildman–Crippen LogP) is 2.22. The highest BCUT2D eigenvalue weighted by molar-refractivity contribution is 5.85.